The molecule has 0 aliphatic heterocycles. The first-order valence-corrected chi connectivity index (χ1v) is 27.7. The largest absolute Gasteiger partial charge is 0.413 e. The van der Waals surface area contributed by atoms with E-state index in [1.807, 2.05) is 0 Å². The highest BCUT2D eigenvalue weighted by atomic mass is 28.4. The fourth-order valence-corrected chi connectivity index (χ4v) is 26.9. The molecule has 0 saturated carbocycles. The number of carbonyl (C=O) groups excluding carboxylic acids is 1. The maximum Gasteiger partial charge on any atom is 0.220 e. The van der Waals surface area contributed by atoms with Crippen molar-refractivity contribution in [3.8, 4) is 0 Å². The lowest BCUT2D eigenvalue weighted by Gasteiger charge is -2.50. The predicted octanol–water partition coefficient (Wildman–Crippen LogP) is 13.9. The first kappa shape index (κ1) is 50.0. The molecule has 0 radical (unpaired) electrons. The van der Waals surface area contributed by atoms with E-state index >= 15 is 0 Å². The van der Waals surface area contributed by atoms with E-state index in [1.165, 1.54) is 38.5 Å². The van der Waals surface area contributed by atoms with Crippen molar-refractivity contribution < 1.29 is 18.1 Å². The Morgan fingerprint density at radius 1 is 0.440 bits per heavy atom. The molecule has 0 aliphatic rings. The Hall–Kier alpha value is 0.000649. The molecule has 300 valence electrons. The topological polar surface area (TPSA) is 56.8 Å². The lowest BCUT2D eigenvalue weighted by atomic mass is 10.0. The van der Waals surface area contributed by atoms with E-state index < -0.39 is 30.5 Å². The molecule has 0 aromatic rings. The number of amides is 1. The molecule has 0 saturated heterocycles. The molecule has 0 atom stereocenters. The van der Waals surface area contributed by atoms with Crippen LogP contribution < -0.4 is 5.32 Å². The molecular formula is C42H91NO4Si3. The molecule has 0 aromatic heterocycles. The third kappa shape index (κ3) is 13.1. The van der Waals surface area contributed by atoms with Gasteiger partial charge in [0, 0.05) is 6.42 Å². The third-order valence-electron chi connectivity index (χ3n) is 12.6. The van der Waals surface area contributed by atoms with Crippen molar-refractivity contribution in [3.63, 3.8) is 0 Å². The Balaban J connectivity index is 7.08. The maximum atomic E-state index is 14.2. The first-order valence-electron chi connectivity index (χ1n) is 21.3. The Kier molecular flexibility index (Phi) is 23.0. The van der Waals surface area contributed by atoms with Crippen molar-refractivity contribution in [3.05, 3.63) is 0 Å². The second-order valence-corrected chi connectivity index (χ2v) is 35.3. The van der Waals surface area contributed by atoms with Gasteiger partial charge < -0.3 is 18.6 Å². The summed E-state index contributed by atoms with van der Waals surface area (Å²) in [7, 11) is -6.78. The maximum absolute atomic E-state index is 14.2. The third-order valence-corrected chi connectivity index (χ3v) is 30.8. The van der Waals surface area contributed by atoms with Gasteiger partial charge in [-0.1, -0.05) is 176 Å². The van der Waals surface area contributed by atoms with Crippen molar-refractivity contribution in [1.29, 1.82) is 0 Å². The zero-order chi connectivity index (χ0) is 39.1. The van der Waals surface area contributed by atoms with Gasteiger partial charge in [0.1, 0.15) is 5.54 Å². The molecule has 0 bridgehead atoms. The molecule has 50 heavy (non-hydrogen) atoms. The molecule has 0 rings (SSSR count). The van der Waals surface area contributed by atoms with Crippen molar-refractivity contribution in [2.75, 3.05) is 19.8 Å². The van der Waals surface area contributed by atoms with Gasteiger partial charge in [-0.3, -0.25) is 4.79 Å². The fourth-order valence-electron chi connectivity index (χ4n) is 10.3. The summed E-state index contributed by atoms with van der Waals surface area (Å²) in [5.41, 5.74) is 3.25. The molecule has 0 fully saturated rings. The average Bonchev–Trinajstić information content (AvgIpc) is 2.97. The summed E-state index contributed by atoms with van der Waals surface area (Å²) in [6, 6.07) is 0. The van der Waals surface area contributed by atoms with Gasteiger partial charge in [0.05, 0.1) is 19.8 Å². The summed E-state index contributed by atoms with van der Waals surface area (Å²) in [5, 5.41) is 3.67. The second-order valence-electron chi connectivity index (χ2n) is 18.9. The summed E-state index contributed by atoms with van der Waals surface area (Å²) in [5.74, 6) is 0.120. The van der Waals surface area contributed by atoms with Crippen LogP contribution in [0.25, 0.3) is 0 Å². The Bertz CT molecular complexity index is 763. The minimum absolute atomic E-state index is 0.120. The van der Waals surface area contributed by atoms with Gasteiger partial charge in [-0.15, -0.1) is 0 Å². The van der Waals surface area contributed by atoms with Crippen molar-refractivity contribution >= 4 is 30.9 Å². The molecule has 8 heteroatoms. The van der Waals surface area contributed by atoms with Crippen LogP contribution in [0, 0.1) is 0 Å². The molecule has 5 nitrogen and oxygen atoms in total. The highest BCUT2D eigenvalue weighted by molar-refractivity contribution is 6.78. The van der Waals surface area contributed by atoms with E-state index in [0.717, 1.165) is 12.8 Å². The Labute approximate surface area is 317 Å². The minimum atomic E-state index is -2.26. The zero-order valence-electron chi connectivity index (χ0n) is 37.3. The summed E-state index contributed by atoms with van der Waals surface area (Å²) in [4.78, 5) is 14.2. The quantitative estimate of drug-likeness (QED) is 0.0638. The number of hydrogen-bond acceptors (Lipinski definition) is 4. The average molecular weight is 758 g/mol. The molecule has 0 aromatic carbocycles. The van der Waals surface area contributed by atoms with E-state index in [-0.39, 0.29) is 5.91 Å². The second kappa shape index (κ2) is 23.0. The van der Waals surface area contributed by atoms with Gasteiger partial charge in [0.15, 0.2) is 25.0 Å². The summed E-state index contributed by atoms with van der Waals surface area (Å²) >= 11 is 0. The highest BCUT2D eigenvalue weighted by Gasteiger charge is 2.52. The van der Waals surface area contributed by atoms with Gasteiger partial charge in [0.25, 0.3) is 0 Å². The molecule has 0 spiro atoms. The number of hydrogen-bond donors (Lipinski definition) is 1. The van der Waals surface area contributed by atoms with E-state index in [0.29, 0.717) is 76.1 Å². The minimum Gasteiger partial charge on any atom is -0.413 e. The Morgan fingerprint density at radius 2 is 0.680 bits per heavy atom. The lowest BCUT2D eigenvalue weighted by Crippen LogP contribution is -2.65. The SMILES string of the molecule is CCCCCCCCCCC(=O)NC(CO[Si](C(C)C)(C(C)C)C(C)C)(CO[Si](C(C)C)(C(C)C)C(C)C)CO[Si](C(C)C)(C(C)C)C(C)C. The van der Waals surface area contributed by atoms with Gasteiger partial charge in [0.2, 0.25) is 5.91 Å². The van der Waals surface area contributed by atoms with Gasteiger partial charge in [-0.25, -0.2) is 0 Å². The summed E-state index contributed by atoms with van der Waals surface area (Å²) in [6.07, 6.45) is 10.3. The Morgan fingerprint density at radius 3 is 0.920 bits per heavy atom. The lowest BCUT2D eigenvalue weighted by molar-refractivity contribution is -0.125. The van der Waals surface area contributed by atoms with Gasteiger partial charge >= 0.3 is 0 Å². The predicted molar refractivity (Wildman–Crippen MR) is 229 cm³/mol. The van der Waals surface area contributed by atoms with E-state index in [1.54, 1.807) is 0 Å². The molecule has 0 aliphatic carbocycles. The smallest absolute Gasteiger partial charge is 0.220 e. The summed E-state index contributed by atoms with van der Waals surface area (Å²) < 4.78 is 22.4. The van der Waals surface area contributed by atoms with E-state index in [4.69, 9.17) is 13.3 Å². The van der Waals surface area contributed by atoms with Crippen LogP contribution in [0.4, 0.5) is 0 Å². The number of nitrogens with one attached hydrogen (secondary N) is 1. The number of unbranched alkanes of at least 4 members (excludes halogenated alkanes) is 7. The van der Waals surface area contributed by atoms with Crippen LogP contribution in [0.3, 0.4) is 0 Å². The monoisotopic (exact) mass is 758 g/mol. The molecule has 1 N–H and O–H groups in total. The standard InChI is InChI=1S/C42H91NO4Si3/c1-20-21-22-23-24-25-26-27-28-41(44)43-42(29-45-48(32(2)3,33(4)5)34(6)7,30-46-49(35(8)9,36(10)11)37(12)13)31-47-50(38(14)15,39(16)17)40(18)19/h32-40H,20-31H2,1-19H3,(H,43,44). The highest BCUT2D eigenvalue weighted by Crippen LogP contribution is 2.46. The van der Waals surface area contributed by atoms with Crippen LogP contribution in [0.15, 0.2) is 0 Å². The van der Waals surface area contributed by atoms with Crippen LogP contribution in [-0.2, 0) is 18.1 Å². The van der Waals surface area contributed by atoms with Crippen LogP contribution in [0.2, 0.25) is 49.9 Å². The van der Waals surface area contributed by atoms with Crippen LogP contribution in [0.1, 0.15) is 189 Å². The molecule has 1 amide bonds. The van der Waals surface area contributed by atoms with E-state index in [2.05, 4.69) is 137 Å². The van der Waals surface area contributed by atoms with E-state index in [9.17, 15) is 4.79 Å². The summed E-state index contributed by atoms with van der Waals surface area (Å²) in [6.45, 7) is 45.9. The van der Waals surface area contributed by atoms with Crippen LogP contribution >= 0.6 is 0 Å². The van der Waals surface area contributed by atoms with Crippen molar-refractivity contribution in [1.82, 2.24) is 5.32 Å². The zero-order valence-corrected chi connectivity index (χ0v) is 40.3. The van der Waals surface area contributed by atoms with Crippen LogP contribution in [0.5, 0.6) is 0 Å². The fraction of sp³-hybridized carbons (Fsp3) is 0.976. The van der Waals surface area contributed by atoms with Gasteiger partial charge in [-0.2, -0.15) is 0 Å². The van der Waals surface area contributed by atoms with Gasteiger partial charge in [-0.05, 0) is 56.3 Å². The van der Waals surface area contributed by atoms with Crippen LogP contribution in [-0.4, -0.2) is 56.2 Å². The first-order chi connectivity index (χ1) is 23.1. The molecule has 0 unspecified atom stereocenters. The number of carbonyl (C=O) groups is 1. The normalized spacial score (nSPS) is 14.0. The van der Waals surface area contributed by atoms with Crippen molar-refractivity contribution in [2.24, 2.45) is 0 Å². The molecule has 0 heterocycles. The number of rotatable bonds is 28. The molecular weight excluding hydrogens is 667 g/mol. The van der Waals surface area contributed by atoms with Crippen molar-refractivity contribution in [2.45, 2.75) is 245 Å².